The number of ether oxygens (including phenoxy) is 1. The molecule has 0 aliphatic heterocycles. The molecule has 0 aromatic rings. The molecule has 0 fully saturated rings. The number of hydrogen-bond acceptors (Lipinski definition) is 5. The molecule has 3 atom stereocenters. The smallest absolute Gasteiger partial charge is 0.306 e. The first-order valence-corrected chi connectivity index (χ1v) is 25.7. The number of hydrogen-bond donors (Lipinski definition) is 3. The third kappa shape index (κ3) is 42.6. The summed E-state index contributed by atoms with van der Waals surface area (Å²) in [6, 6.07) is -0.707. The summed E-state index contributed by atoms with van der Waals surface area (Å²) in [5, 5.41) is 23.7. The normalized spacial score (nSPS) is 13.5. The summed E-state index contributed by atoms with van der Waals surface area (Å²) in [6.07, 6.45) is 55.0. The van der Waals surface area contributed by atoms with Gasteiger partial charge in [-0.25, -0.2) is 0 Å². The molecular weight excluding hydrogens is 731 g/mol. The number of amides is 1. The van der Waals surface area contributed by atoms with Gasteiger partial charge >= 0.3 is 5.97 Å². The second kappa shape index (κ2) is 47.1. The second-order valence-corrected chi connectivity index (χ2v) is 17.6. The Morgan fingerprint density at radius 2 is 0.881 bits per heavy atom. The van der Waals surface area contributed by atoms with Gasteiger partial charge in [0.2, 0.25) is 5.91 Å². The molecule has 0 spiro atoms. The van der Waals surface area contributed by atoms with E-state index in [1.807, 2.05) is 0 Å². The molecular formula is C53H99NO5. The highest BCUT2D eigenvalue weighted by Crippen LogP contribution is 2.17. The zero-order valence-electron chi connectivity index (χ0n) is 39.4. The fraction of sp³-hybridized carbons (Fsp3) is 0.849. The highest BCUT2D eigenvalue weighted by Gasteiger charge is 2.24. The third-order valence-electron chi connectivity index (χ3n) is 11.7. The van der Waals surface area contributed by atoms with Gasteiger partial charge in [-0.15, -0.1) is 0 Å². The van der Waals surface area contributed by atoms with Gasteiger partial charge in [0, 0.05) is 6.42 Å². The van der Waals surface area contributed by atoms with E-state index < -0.39 is 18.2 Å². The van der Waals surface area contributed by atoms with E-state index >= 15 is 0 Å². The zero-order chi connectivity index (χ0) is 43.1. The average molecular weight is 830 g/mol. The molecule has 59 heavy (non-hydrogen) atoms. The molecule has 6 nitrogen and oxygen atoms in total. The predicted molar refractivity (Wildman–Crippen MR) is 255 cm³/mol. The Hall–Kier alpha value is -1.92. The fourth-order valence-electron chi connectivity index (χ4n) is 7.76. The van der Waals surface area contributed by atoms with Gasteiger partial charge in [-0.05, 0) is 77.0 Å². The summed E-state index contributed by atoms with van der Waals surface area (Å²) >= 11 is 0. The van der Waals surface area contributed by atoms with Crippen molar-refractivity contribution in [3.63, 3.8) is 0 Å². The van der Waals surface area contributed by atoms with E-state index in [1.54, 1.807) is 0 Å². The lowest BCUT2D eigenvalue weighted by molar-refractivity contribution is -0.151. The van der Waals surface area contributed by atoms with Gasteiger partial charge in [0.25, 0.3) is 0 Å². The van der Waals surface area contributed by atoms with Gasteiger partial charge in [-0.1, -0.05) is 211 Å². The second-order valence-electron chi connectivity index (χ2n) is 17.6. The van der Waals surface area contributed by atoms with Crippen LogP contribution in [0.2, 0.25) is 0 Å². The number of esters is 1. The van der Waals surface area contributed by atoms with E-state index in [0.29, 0.717) is 19.3 Å². The van der Waals surface area contributed by atoms with Gasteiger partial charge in [-0.2, -0.15) is 0 Å². The first kappa shape index (κ1) is 57.1. The summed E-state index contributed by atoms with van der Waals surface area (Å²) < 4.78 is 5.91. The molecule has 0 bridgehead atoms. The van der Waals surface area contributed by atoms with E-state index in [9.17, 15) is 19.8 Å². The van der Waals surface area contributed by atoms with Crippen LogP contribution in [0.15, 0.2) is 36.5 Å². The van der Waals surface area contributed by atoms with E-state index in [-0.39, 0.29) is 24.9 Å². The topological polar surface area (TPSA) is 95.9 Å². The molecule has 3 unspecified atom stereocenters. The van der Waals surface area contributed by atoms with Crippen molar-refractivity contribution in [2.45, 2.75) is 283 Å². The molecule has 0 saturated heterocycles. The van der Waals surface area contributed by atoms with Crippen molar-refractivity contribution in [2.75, 3.05) is 6.61 Å². The van der Waals surface area contributed by atoms with Gasteiger partial charge in [0.1, 0.15) is 6.10 Å². The summed E-state index contributed by atoms with van der Waals surface area (Å²) in [5.41, 5.74) is 0. The lowest BCUT2D eigenvalue weighted by atomic mass is 10.0. The van der Waals surface area contributed by atoms with Crippen LogP contribution in [-0.2, 0) is 14.3 Å². The van der Waals surface area contributed by atoms with Crippen molar-refractivity contribution in [2.24, 2.45) is 0 Å². The maximum atomic E-state index is 13.2. The van der Waals surface area contributed by atoms with E-state index in [4.69, 9.17) is 4.74 Å². The fourth-order valence-corrected chi connectivity index (χ4v) is 7.76. The number of allylic oxidation sites excluding steroid dienone is 6. The van der Waals surface area contributed by atoms with Crippen LogP contribution >= 0.6 is 0 Å². The van der Waals surface area contributed by atoms with Crippen LogP contribution in [0.5, 0.6) is 0 Å². The molecule has 0 heterocycles. The Labute approximate surface area is 366 Å². The summed E-state index contributed by atoms with van der Waals surface area (Å²) in [7, 11) is 0. The highest BCUT2D eigenvalue weighted by molar-refractivity contribution is 5.77. The molecule has 0 aliphatic carbocycles. The van der Waals surface area contributed by atoms with Crippen molar-refractivity contribution in [1.29, 1.82) is 0 Å². The maximum Gasteiger partial charge on any atom is 0.306 e. The van der Waals surface area contributed by atoms with Crippen molar-refractivity contribution in [3.8, 4) is 0 Å². The largest absolute Gasteiger partial charge is 0.462 e. The van der Waals surface area contributed by atoms with Crippen molar-refractivity contribution >= 4 is 11.9 Å². The first-order valence-electron chi connectivity index (χ1n) is 25.7. The van der Waals surface area contributed by atoms with Crippen LogP contribution in [0, 0.1) is 0 Å². The number of nitrogens with one attached hydrogen (secondary N) is 1. The Kier molecular flexibility index (Phi) is 45.6. The number of carbonyl (C=O) groups is 2. The molecule has 0 rings (SSSR count). The third-order valence-corrected chi connectivity index (χ3v) is 11.7. The molecule has 3 N–H and O–H groups in total. The van der Waals surface area contributed by atoms with Crippen LogP contribution in [0.4, 0.5) is 0 Å². The number of carbonyl (C=O) groups excluding carboxylic acids is 2. The quantitative estimate of drug-likeness (QED) is 0.0323. The summed E-state index contributed by atoms with van der Waals surface area (Å²) in [4.78, 5) is 26.1. The molecule has 346 valence electrons. The van der Waals surface area contributed by atoms with Crippen molar-refractivity contribution < 1.29 is 24.5 Å². The lowest BCUT2D eigenvalue weighted by Crippen LogP contribution is -2.46. The van der Waals surface area contributed by atoms with E-state index in [0.717, 1.165) is 64.2 Å². The number of rotatable bonds is 46. The number of unbranched alkanes of at least 4 members (excludes halogenated alkanes) is 28. The molecule has 0 aromatic heterocycles. The Balaban J connectivity index is 4.50. The van der Waals surface area contributed by atoms with Gasteiger partial charge in [0.05, 0.1) is 25.2 Å². The minimum absolute atomic E-state index is 0.0571. The minimum Gasteiger partial charge on any atom is -0.462 e. The van der Waals surface area contributed by atoms with Crippen LogP contribution in [0.1, 0.15) is 265 Å². The molecule has 6 heteroatoms. The molecule has 0 radical (unpaired) electrons. The first-order chi connectivity index (χ1) is 29.0. The van der Waals surface area contributed by atoms with Gasteiger partial charge in [0.15, 0.2) is 0 Å². The predicted octanol–water partition coefficient (Wildman–Crippen LogP) is 15.3. The molecule has 0 saturated carbocycles. The monoisotopic (exact) mass is 830 g/mol. The van der Waals surface area contributed by atoms with Crippen LogP contribution in [0.25, 0.3) is 0 Å². The average Bonchev–Trinajstić information content (AvgIpc) is 3.23. The molecule has 0 aromatic carbocycles. The van der Waals surface area contributed by atoms with Crippen LogP contribution in [-0.4, -0.2) is 46.9 Å². The number of aliphatic hydroxyl groups is 2. The molecule has 0 aliphatic rings. The van der Waals surface area contributed by atoms with Gasteiger partial charge < -0.3 is 20.3 Å². The van der Waals surface area contributed by atoms with Crippen LogP contribution in [0.3, 0.4) is 0 Å². The lowest BCUT2D eigenvalue weighted by Gasteiger charge is -2.24. The van der Waals surface area contributed by atoms with Crippen LogP contribution < -0.4 is 5.32 Å². The SMILES string of the molecule is CCCCC/C=C\C/C=C\CCCCCCCCCCCC(=O)OC(CCC/C=C\CCCCCCCC)CC(=O)NC(CO)C(O)CCCCCCCCCCCC. The highest BCUT2D eigenvalue weighted by atomic mass is 16.5. The summed E-state index contributed by atoms with van der Waals surface area (Å²) in [6.45, 7) is 6.43. The van der Waals surface area contributed by atoms with Crippen molar-refractivity contribution in [1.82, 2.24) is 5.32 Å². The Morgan fingerprint density at radius 1 is 0.492 bits per heavy atom. The molecule has 1 amide bonds. The summed E-state index contributed by atoms with van der Waals surface area (Å²) in [5.74, 6) is -0.502. The van der Waals surface area contributed by atoms with E-state index in [2.05, 4.69) is 62.5 Å². The van der Waals surface area contributed by atoms with Gasteiger partial charge in [-0.3, -0.25) is 9.59 Å². The zero-order valence-corrected chi connectivity index (χ0v) is 39.4. The Bertz CT molecular complexity index is 977. The maximum absolute atomic E-state index is 13.2. The minimum atomic E-state index is -0.791. The standard InChI is InChI=1S/C53H99NO5/c1-4-7-10-13-16-19-22-23-24-25-26-27-28-29-31-34-37-40-43-46-53(58)59-49(44-41-38-35-32-30-20-17-14-11-8-5-2)47-52(57)54-50(48-55)51(56)45-42-39-36-33-21-18-15-12-9-6-3/h16,19,23-24,32,35,49-51,55-56H,4-15,17-18,20-22,25-31,33-34,36-48H2,1-3H3,(H,54,57)/b19-16-,24-23-,35-32-. The van der Waals surface area contributed by atoms with Crippen molar-refractivity contribution in [3.05, 3.63) is 36.5 Å². The number of aliphatic hydroxyl groups excluding tert-OH is 2. The van der Waals surface area contributed by atoms with E-state index in [1.165, 1.54) is 154 Å². The Morgan fingerprint density at radius 3 is 1.37 bits per heavy atom.